The summed E-state index contributed by atoms with van der Waals surface area (Å²) in [5, 5.41) is 8.53. The third-order valence-electron chi connectivity index (χ3n) is 5.06. The molecule has 0 amide bonds. The maximum absolute atomic E-state index is 6.03. The van der Waals surface area contributed by atoms with Gasteiger partial charge in [-0.05, 0) is 38.1 Å². The van der Waals surface area contributed by atoms with Crippen LogP contribution in [0.3, 0.4) is 0 Å². The first kappa shape index (κ1) is 18.6. The van der Waals surface area contributed by atoms with Gasteiger partial charge in [-0.1, -0.05) is 29.3 Å². The molecule has 1 aliphatic heterocycles. The highest BCUT2D eigenvalue weighted by molar-refractivity contribution is 7.16. The molecule has 7 heteroatoms. The molecule has 2 aromatic heterocycles. The van der Waals surface area contributed by atoms with E-state index in [1.807, 2.05) is 18.2 Å². The number of piperazine rings is 1. The van der Waals surface area contributed by atoms with Crippen LogP contribution in [0.2, 0.25) is 4.34 Å². The van der Waals surface area contributed by atoms with Crippen LogP contribution in [0.4, 0.5) is 0 Å². The van der Waals surface area contributed by atoms with E-state index in [4.69, 9.17) is 16.0 Å². The van der Waals surface area contributed by atoms with E-state index in [1.54, 1.807) is 11.3 Å². The topological polar surface area (TPSA) is 45.4 Å². The SMILES string of the molecule is Cc1ccc(-c2nnc(C(C)N3CCN(Cc4ccc(Cl)s4)CC3)o2)cc1. The number of hydrogen-bond donors (Lipinski definition) is 0. The lowest BCUT2D eigenvalue weighted by Gasteiger charge is -2.36. The van der Waals surface area contributed by atoms with Gasteiger partial charge in [0.2, 0.25) is 11.8 Å². The third-order valence-corrected chi connectivity index (χ3v) is 6.28. The Bertz CT molecular complexity index is 884. The van der Waals surface area contributed by atoms with Gasteiger partial charge in [0.15, 0.2) is 0 Å². The standard InChI is InChI=1S/C20H23ClN4OS/c1-14-3-5-16(6-4-14)20-23-22-19(26-20)15(2)25-11-9-24(10-12-25)13-17-7-8-18(21)27-17/h3-8,15H,9-13H2,1-2H3. The van der Waals surface area contributed by atoms with Crippen molar-refractivity contribution in [3.8, 4) is 11.5 Å². The van der Waals surface area contributed by atoms with E-state index in [0.717, 1.165) is 42.6 Å². The monoisotopic (exact) mass is 402 g/mol. The lowest BCUT2D eigenvalue weighted by molar-refractivity contribution is 0.0881. The molecule has 1 fully saturated rings. The van der Waals surface area contributed by atoms with Crippen molar-refractivity contribution in [2.24, 2.45) is 0 Å². The van der Waals surface area contributed by atoms with E-state index in [2.05, 4.69) is 52.0 Å². The average Bonchev–Trinajstić information content (AvgIpc) is 3.32. The summed E-state index contributed by atoms with van der Waals surface area (Å²) in [4.78, 5) is 6.20. The fraction of sp³-hybridized carbons (Fsp3) is 0.400. The van der Waals surface area contributed by atoms with Gasteiger partial charge in [0, 0.05) is 43.2 Å². The van der Waals surface area contributed by atoms with Crippen molar-refractivity contribution in [3.05, 3.63) is 57.1 Å². The van der Waals surface area contributed by atoms with Gasteiger partial charge in [-0.25, -0.2) is 0 Å². The highest BCUT2D eigenvalue weighted by Crippen LogP contribution is 2.26. The van der Waals surface area contributed by atoms with Gasteiger partial charge >= 0.3 is 0 Å². The van der Waals surface area contributed by atoms with Gasteiger partial charge in [0.1, 0.15) is 0 Å². The van der Waals surface area contributed by atoms with Crippen LogP contribution in [0.25, 0.3) is 11.5 Å². The Balaban J connectivity index is 1.35. The second kappa shape index (κ2) is 8.10. The number of hydrogen-bond acceptors (Lipinski definition) is 6. The summed E-state index contributed by atoms with van der Waals surface area (Å²) in [5.41, 5.74) is 2.18. The Morgan fingerprint density at radius 3 is 2.48 bits per heavy atom. The molecule has 0 aliphatic carbocycles. The summed E-state index contributed by atoms with van der Waals surface area (Å²) in [6.45, 7) is 9.21. The van der Waals surface area contributed by atoms with Crippen LogP contribution in [0.5, 0.6) is 0 Å². The van der Waals surface area contributed by atoms with E-state index in [0.29, 0.717) is 11.8 Å². The van der Waals surface area contributed by atoms with Crippen LogP contribution in [0, 0.1) is 6.92 Å². The number of nitrogens with zero attached hydrogens (tertiary/aromatic N) is 4. The van der Waals surface area contributed by atoms with Gasteiger partial charge < -0.3 is 4.42 Å². The second-order valence-electron chi connectivity index (χ2n) is 7.01. The molecule has 1 aliphatic rings. The van der Waals surface area contributed by atoms with Gasteiger partial charge in [0.05, 0.1) is 10.4 Å². The van der Waals surface area contributed by atoms with Gasteiger partial charge in [-0.15, -0.1) is 21.5 Å². The Kier molecular flexibility index (Phi) is 5.59. The first-order valence-corrected chi connectivity index (χ1v) is 10.4. The molecular formula is C20H23ClN4OS. The van der Waals surface area contributed by atoms with Crippen LogP contribution in [0.1, 0.15) is 29.3 Å². The Hall–Kier alpha value is -1.73. The molecule has 1 saturated heterocycles. The van der Waals surface area contributed by atoms with Crippen molar-refractivity contribution >= 4 is 22.9 Å². The lowest BCUT2D eigenvalue weighted by Crippen LogP contribution is -2.46. The molecule has 27 heavy (non-hydrogen) atoms. The van der Waals surface area contributed by atoms with Crippen molar-refractivity contribution in [1.82, 2.24) is 20.0 Å². The minimum atomic E-state index is 0.120. The molecule has 1 atom stereocenters. The number of aryl methyl sites for hydroxylation is 1. The number of rotatable bonds is 5. The summed E-state index contributed by atoms with van der Waals surface area (Å²) in [7, 11) is 0. The van der Waals surface area contributed by atoms with Crippen molar-refractivity contribution in [2.45, 2.75) is 26.4 Å². The highest BCUT2D eigenvalue weighted by Gasteiger charge is 2.26. The highest BCUT2D eigenvalue weighted by atomic mass is 35.5. The zero-order valence-corrected chi connectivity index (χ0v) is 17.1. The van der Waals surface area contributed by atoms with Crippen molar-refractivity contribution in [2.75, 3.05) is 26.2 Å². The van der Waals surface area contributed by atoms with Crippen LogP contribution >= 0.6 is 22.9 Å². The Morgan fingerprint density at radius 2 is 1.81 bits per heavy atom. The normalized spacial score (nSPS) is 17.3. The Labute approximate surface area is 168 Å². The molecule has 1 unspecified atom stereocenters. The van der Waals surface area contributed by atoms with E-state index in [9.17, 15) is 0 Å². The molecule has 3 heterocycles. The summed E-state index contributed by atoms with van der Waals surface area (Å²) in [6.07, 6.45) is 0. The van der Waals surface area contributed by atoms with Gasteiger partial charge in [0.25, 0.3) is 0 Å². The molecule has 3 aromatic rings. The molecule has 142 valence electrons. The molecule has 4 rings (SSSR count). The van der Waals surface area contributed by atoms with Crippen molar-refractivity contribution in [3.63, 3.8) is 0 Å². The zero-order valence-electron chi connectivity index (χ0n) is 15.6. The van der Waals surface area contributed by atoms with Crippen molar-refractivity contribution in [1.29, 1.82) is 0 Å². The summed E-state index contributed by atoms with van der Waals surface area (Å²) in [6, 6.07) is 12.4. The molecule has 5 nitrogen and oxygen atoms in total. The third kappa shape index (κ3) is 4.41. The lowest BCUT2D eigenvalue weighted by atomic mass is 10.1. The minimum absolute atomic E-state index is 0.120. The van der Waals surface area contributed by atoms with Crippen LogP contribution < -0.4 is 0 Å². The number of thiophene rings is 1. The zero-order chi connectivity index (χ0) is 18.8. The number of benzene rings is 1. The fourth-order valence-electron chi connectivity index (χ4n) is 3.34. The van der Waals surface area contributed by atoms with Gasteiger partial charge in [-0.2, -0.15) is 0 Å². The average molecular weight is 403 g/mol. The van der Waals surface area contributed by atoms with Gasteiger partial charge in [-0.3, -0.25) is 9.80 Å². The first-order valence-electron chi connectivity index (χ1n) is 9.19. The van der Waals surface area contributed by atoms with Crippen LogP contribution in [-0.2, 0) is 6.54 Å². The minimum Gasteiger partial charge on any atom is -0.419 e. The van der Waals surface area contributed by atoms with E-state index >= 15 is 0 Å². The molecule has 1 aromatic carbocycles. The predicted octanol–water partition coefficient (Wildman–Crippen LogP) is 4.64. The second-order valence-corrected chi connectivity index (χ2v) is 8.81. The maximum Gasteiger partial charge on any atom is 0.247 e. The first-order chi connectivity index (χ1) is 13.1. The summed E-state index contributed by atoms with van der Waals surface area (Å²) >= 11 is 7.70. The molecule has 0 saturated carbocycles. The maximum atomic E-state index is 6.03. The molecular weight excluding hydrogens is 380 g/mol. The van der Waals surface area contributed by atoms with E-state index in [1.165, 1.54) is 10.4 Å². The van der Waals surface area contributed by atoms with E-state index < -0.39 is 0 Å². The molecule has 0 N–H and O–H groups in total. The van der Waals surface area contributed by atoms with Crippen LogP contribution in [0.15, 0.2) is 40.8 Å². The molecule has 0 spiro atoms. The largest absolute Gasteiger partial charge is 0.419 e. The smallest absolute Gasteiger partial charge is 0.247 e. The Morgan fingerprint density at radius 1 is 1.07 bits per heavy atom. The summed E-state index contributed by atoms with van der Waals surface area (Å²) in [5.74, 6) is 1.27. The number of aromatic nitrogens is 2. The molecule has 0 bridgehead atoms. The number of halogens is 1. The molecule has 0 radical (unpaired) electrons. The quantitative estimate of drug-likeness (QED) is 0.622. The predicted molar refractivity (Wildman–Crippen MR) is 109 cm³/mol. The fourth-order valence-corrected chi connectivity index (χ4v) is 4.47. The van der Waals surface area contributed by atoms with Crippen LogP contribution in [-0.4, -0.2) is 46.2 Å². The van der Waals surface area contributed by atoms with E-state index in [-0.39, 0.29) is 6.04 Å². The van der Waals surface area contributed by atoms with Crippen molar-refractivity contribution < 1.29 is 4.42 Å². The summed E-state index contributed by atoms with van der Waals surface area (Å²) < 4.78 is 6.82.